The second-order valence-corrected chi connectivity index (χ2v) is 10.1. The molecule has 0 unspecified atom stereocenters. The van der Waals surface area contributed by atoms with Gasteiger partial charge in [0.25, 0.3) is 0 Å². The fraction of sp³-hybridized carbons (Fsp3) is 0.478. The van der Waals surface area contributed by atoms with Crippen LogP contribution in [0.5, 0.6) is 0 Å². The minimum atomic E-state index is 0.342. The standard InChI is InChI=1S/C23H33NOS2/c1-9-17(25-8)12-18(16(4)14-24(7)26)22-21(15(2)3)19-13-23(5,6)11-10-20(19)27-22/h9,12,26H,1-2,10-11,13-14H2,3-8H3/b17-12+,18-16-. The van der Waals surface area contributed by atoms with Crippen molar-refractivity contribution in [2.24, 2.45) is 5.41 Å². The van der Waals surface area contributed by atoms with Crippen molar-refractivity contribution in [3.63, 3.8) is 0 Å². The smallest absolute Gasteiger partial charge is 0.118 e. The summed E-state index contributed by atoms with van der Waals surface area (Å²) in [6, 6.07) is 0. The summed E-state index contributed by atoms with van der Waals surface area (Å²) in [5.74, 6) is 0.769. The lowest BCUT2D eigenvalue weighted by atomic mass is 9.75. The van der Waals surface area contributed by atoms with Crippen LogP contribution in [0.4, 0.5) is 0 Å². The zero-order valence-electron chi connectivity index (χ0n) is 17.6. The van der Waals surface area contributed by atoms with E-state index in [1.165, 1.54) is 38.4 Å². The van der Waals surface area contributed by atoms with Gasteiger partial charge in [0, 0.05) is 16.3 Å². The maximum Gasteiger partial charge on any atom is 0.118 e. The van der Waals surface area contributed by atoms with Crippen molar-refractivity contribution in [3.05, 3.63) is 57.5 Å². The van der Waals surface area contributed by atoms with Crippen LogP contribution < -0.4 is 0 Å². The molecule has 0 fully saturated rings. The summed E-state index contributed by atoms with van der Waals surface area (Å²) in [5, 5.41) is 0. The Hall–Kier alpha value is -1.23. The minimum absolute atomic E-state index is 0.342. The van der Waals surface area contributed by atoms with E-state index < -0.39 is 0 Å². The van der Waals surface area contributed by atoms with Crippen LogP contribution >= 0.6 is 24.2 Å². The average Bonchev–Trinajstić information content (AvgIpc) is 2.92. The molecular weight excluding hydrogens is 370 g/mol. The maximum absolute atomic E-state index is 5.50. The maximum atomic E-state index is 5.50. The third kappa shape index (κ3) is 5.18. The van der Waals surface area contributed by atoms with Gasteiger partial charge in [-0.05, 0) is 85.6 Å². The molecule has 0 radical (unpaired) electrons. The number of nitrogens with zero attached hydrogens (tertiary/aromatic N) is 1. The van der Waals surface area contributed by atoms with Gasteiger partial charge in [-0.15, -0.1) is 11.3 Å². The number of ether oxygens (including phenoxy) is 1. The zero-order chi connectivity index (χ0) is 20.4. The number of thiophene rings is 1. The van der Waals surface area contributed by atoms with Crippen LogP contribution in [0, 0.1) is 5.41 Å². The molecular formula is C23H33NOS2. The van der Waals surface area contributed by atoms with Crippen LogP contribution in [0.2, 0.25) is 0 Å². The van der Waals surface area contributed by atoms with E-state index >= 15 is 0 Å². The molecule has 1 heterocycles. The van der Waals surface area contributed by atoms with Crippen molar-refractivity contribution >= 4 is 35.3 Å². The number of allylic oxidation sites excluding steroid dienone is 4. The number of aryl methyl sites for hydroxylation is 1. The first-order valence-corrected chi connectivity index (χ1v) is 10.6. The summed E-state index contributed by atoms with van der Waals surface area (Å²) in [4.78, 5) is 2.81. The highest BCUT2D eigenvalue weighted by atomic mass is 32.1. The number of fused-ring (bicyclic) bond motifs is 1. The van der Waals surface area contributed by atoms with Crippen LogP contribution in [-0.2, 0) is 17.6 Å². The van der Waals surface area contributed by atoms with Crippen molar-refractivity contribution in [3.8, 4) is 0 Å². The number of hydrogen-bond donors (Lipinski definition) is 1. The van der Waals surface area contributed by atoms with Gasteiger partial charge in [0.05, 0.1) is 7.11 Å². The van der Waals surface area contributed by atoms with Crippen molar-refractivity contribution in [2.75, 3.05) is 20.7 Å². The summed E-state index contributed by atoms with van der Waals surface area (Å²) in [6.07, 6.45) is 7.36. The Morgan fingerprint density at radius 2 is 2.04 bits per heavy atom. The topological polar surface area (TPSA) is 12.5 Å². The van der Waals surface area contributed by atoms with Crippen LogP contribution in [0.15, 0.2) is 36.6 Å². The van der Waals surface area contributed by atoms with Crippen LogP contribution in [0.1, 0.15) is 55.0 Å². The average molecular weight is 404 g/mol. The SMILES string of the molecule is C=C/C(=C\C(=C(/C)CN(C)S)c1sc2c(c1C(=C)C)CC(C)(C)CC2)OC. The second kappa shape index (κ2) is 8.85. The lowest BCUT2D eigenvalue weighted by Crippen LogP contribution is -2.21. The molecule has 0 saturated carbocycles. The van der Waals surface area contributed by atoms with Gasteiger partial charge in [-0.3, -0.25) is 4.31 Å². The van der Waals surface area contributed by atoms with Gasteiger partial charge in [-0.2, -0.15) is 0 Å². The molecule has 0 bridgehead atoms. The van der Waals surface area contributed by atoms with Crippen LogP contribution in [0.25, 0.3) is 11.1 Å². The third-order valence-electron chi connectivity index (χ3n) is 5.10. The molecule has 1 aliphatic carbocycles. The Morgan fingerprint density at radius 3 is 2.56 bits per heavy atom. The predicted molar refractivity (Wildman–Crippen MR) is 124 cm³/mol. The first-order valence-electron chi connectivity index (χ1n) is 9.38. The van der Waals surface area contributed by atoms with E-state index in [9.17, 15) is 0 Å². The van der Waals surface area contributed by atoms with Crippen LogP contribution in [-0.4, -0.2) is 25.0 Å². The van der Waals surface area contributed by atoms with E-state index in [4.69, 9.17) is 4.74 Å². The molecule has 0 saturated heterocycles. The first-order chi connectivity index (χ1) is 12.6. The molecule has 27 heavy (non-hydrogen) atoms. The van der Waals surface area contributed by atoms with E-state index in [2.05, 4.69) is 59.7 Å². The van der Waals surface area contributed by atoms with Gasteiger partial charge in [0.2, 0.25) is 0 Å². The second-order valence-electron chi connectivity index (χ2n) is 8.29. The molecule has 148 valence electrons. The normalized spacial score (nSPS) is 17.4. The van der Waals surface area contributed by atoms with E-state index in [1.54, 1.807) is 13.2 Å². The van der Waals surface area contributed by atoms with Crippen molar-refractivity contribution < 1.29 is 4.74 Å². The molecule has 4 heteroatoms. The molecule has 2 nitrogen and oxygen atoms in total. The predicted octanol–water partition coefficient (Wildman–Crippen LogP) is 6.56. The van der Waals surface area contributed by atoms with Crippen molar-refractivity contribution in [1.29, 1.82) is 0 Å². The number of thiol groups is 1. The van der Waals surface area contributed by atoms with Crippen molar-refractivity contribution in [2.45, 2.75) is 47.0 Å². The van der Waals surface area contributed by atoms with Crippen molar-refractivity contribution in [1.82, 2.24) is 4.31 Å². The summed E-state index contributed by atoms with van der Waals surface area (Å²) in [7, 11) is 3.66. The lowest BCUT2D eigenvalue weighted by Gasteiger charge is -2.30. The lowest BCUT2D eigenvalue weighted by molar-refractivity contribution is 0.307. The van der Waals surface area contributed by atoms with Gasteiger partial charge in [0.15, 0.2) is 0 Å². The number of hydrogen-bond acceptors (Lipinski definition) is 4. The van der Waals surface area contributed by atoms with E-state index in [0.29, 0.717) is 5.41 Å². The molecule has 0 aliphatic heterocycles. The van der Waals surface area contributed by atoms with Gasteiger partial charge < -0.3 is 4.74 Å². The Kier molecular flexibility index (Phi) is 7.23. The monoisotopic (exact) mass is 403 g/mol. The fourth-order valence-corrected chi connectivity index (χ4v) is 5.42. The highest BCUT2D eigenvalue weighted by Gasteiger charge is 2.31. The Balaban J connectivity index is 2.73. The quantitative estimate of drug-likeness (QED) is 0.314. The molecule has 0 amide bonds. The molecule has 0 N–H and O–H groups in total. The van der Waals surface area contributed by atoms with Crippen LogP contribution in [0.3, 0.4) is 0 Å². The van der Waals surface area contributed by atoms with Gasteiger partial charge in [-0.1, -0.05) is 39.8 Å². The summed E-state index contributed by atoms with van der Waals surface area (Å²) >= 11 is 6.38. The molecule has 1 aromatic rings. The number of likely N-dealkylation sites (N-methyl/N-ethyl adjacent to an activating group) is 1. The largest absolute Gasteiger partial charge is 0.497 e. The molecule has 2 rings (SSSR count). The number of methoxy groups -OCH3 is 1. The highest BCUT2D eigenvalue weighted by Crippen LogP contribution is 2.46. The van der Waals surface area contributed by atoms with E-state index in [-0.39, 0.29) is 0 Å². The van der Waals surface area contributed by atoms with E-state index in [0.717, 1.165) is 30.7 Å². The molecule has 1 aliphatic rings. The molecule has 0 aromatic carbocycles. The van der Waals surface area contributed by atoms with Gasteiger partial charge >= 0.3 is 0 Å². The summed E-state index contributed by atoms with van der Waals surface area (Å²) in [6.45, 7) is 18.0. The fourth-order valence-electron chi connectivity index (χ4n) is 3.72. The Bertz CT molecular complexity index is 794. The molecule has 1 aromatic heterocycles. The molecule has 0 spiro atoms. The van der Waals surface area contributed by atoms with Gasteiger partial charge in [-0.25, -0.2) is 0 Å². The first kappa shape index (κ1) is 22.1. The minimum Gasteiger partial charge on any atom is -0.497 e. The number of rotatable bonds is 7. The third-order valence-corrected chi connectivity index (χ3v) is 6.56. The Labute approximate surface area is 174 Å². The highest BCUT2D eigenvalue weighted by molar-refractivity contribution is 7.77. The summed E-state index contributed by atoms with van der Waals surface area (Å²) < 4.78 is 7.40. The van der Waals surface area contributed by atoms with E-state index in [1.807, 2.05) is 22.7 Å². The molecule has 0 atom stereocenters. The zero-order valence-corrected chi connectivity index (χ0v) is 19.3. The Morgan fingerprint density at radius 1 is 1.37 bits per heavy atom. The van der Waals surface area contributed by atoms with Gasteiger partial charge in [0.1, 0.15) is 5.76 Å². The summed E-state index contributed by atoms with van der Waals surface area (Å²) in [5.41, 5.74) is 6.75.